The topological polar surface area (TPSA) is 118 Å². The van der Waals surface area contributed by atoms with Crippen molar-refractivity contribution in [2.75, 3.05) is 11.9 Å². The summed E-state index contributed by atoms with van der Waals surface area (Å²) < 4.78 is 23.4. The molecule has 0 unspecified atom stereocenters. The zero-order valence-electron chi connectivity index (χ0n) is 16.4. The molecular weight excluding hydrogens is 378 g/mol. The Kier molecular flexibility index (Phi) is 6.58. The molecule has 0 heterocycles. The number of nitrogens with two attached hydrogens (primary N) is 1. The van der Waals surface area contributed by atoms with Crippen molar-refractivity contribution in [2.24, 2.45) is 5.14 Å². The minimum atomic E-state index is -3.93. The summed E-state index contributed by atoms with van der Waals surface area (Å²) in [6.45, 7) is 7.34. The van der Waals surface area contributed by atoms with E-state index in [2.05, 4.69) is 10.6 Å². The molecule has 0 aliphatic rings. The lowest BCUT2D eigenvalue weighted by Crippen LogP contribution is -2.28. The molecule has 0 atom stereocenters. The molecule has 0 aliphatic carbocycles. The number of primary sulfonamides is 1. The molecule has 0 aliphatic heterocycles. The number of anilines is 1. The van der Waals surface area contributed by atoms with Gasteiger partial charge in [-0.15, -0.1) is 0 Å². The third-order valence-corrected chi connectivity index (χ3v) is 5.52. The van der Waals surface area contributed by atoms with Crippen LogP contribution in [0.5, 0.6) is 0 Å². The fraction of sp³-hybridized carbons (Fsp3) is 0.300. The van der Waals surface area contributed by atoms with Gasteiger partial charge in [0.15, 0.2) is 0 Å². The van der Waals surface area contributed by atoms with E-state index in [1.54, 1.807) is 19.9 Å². The number of rotatable bonds is 6. The molecule has 0 radical (unpaired) electrons. The zero-order chi connectivity index (χ0) is 21.1. The van der Waals surface area contributed by atoms with E-state index < -0.39 is 15.9 Å². The van der Waals surface area contributed by atoms with E-state index in [0.717, 1.165) is 16.8 Å². The predicted molar refractivity (Wildman–Crippen MR) is 109 cm³/mol. The monoisotopic (exact) mass is 403 g/mol. The van der Waals surface area contributed by atoms with Crippen LogP contribution in [0.3, 0.4) is 0 Å². The quantitative estimate of drug-likeness (QED) is 0.686. The molecule has 0 bridgehead atoms. The number of nitrogens with one attached hydrogen (secondary N) is 2. The van der Waals surface area contributed by atoms with Crippen LogP contribution in [0.25, 0.3) is 0 Å². The Hall–Kier alpha value is -2.71. The maximum Gasteiger partial charge on any atom is 0.251 e. The van der Waals surface area contributed by atoms with Crippen LogP contribution in [-0.4, -0.2) is 26.8 Å². The van der Waals surface area contributed by atoms with Crippen molar-refractivity contribution in [3.05, 3.63) is 58.1 Å². The Morgan fingerprint density at radius 3 is 2.29 bits per heavy atom. The lowest BCUT2D eigenvalue weighted by Gasteiger charge is -2.12. The largest absolute Gasteiger partial charge is 0.352 e. The maximum atomic E-state index is 12.3. The third kappa shape index (κ3) is 5.40. The van der Waals surface area contributed by atoms with E-state index in [0.29, 0.717) is 11.1 Å². The highest BCUT2D eigenvalue weighted by Gasteiger charge is 2.17. The molecule has 8 heteroatoms. The zero-order valence-corrected chi connectivity index (χ0v) is 17.2. The summed E-state index contributed by atoms with van der Waals surface area (Å²) in [6.07, 6.45) is 0.0892. The third-order valence-electron chi connectivity index (χ3n) is 4.48. The normalized spacial score (nSPS) is 11.2. The van der Waals surface area contributed by atoms with Gasteiger partial charge in [-0.2, -0.15) is 0 Å². The second-order valence-electron chi connectivity index (χ2n) is 6.83. The van der Waals surface area contributed by atoms with Crippen LogP contribution in [0.2, 0.25) is 0 Å². The molecule has 2 aromatic rings. The van der Waals surface area contributed by atoms with Crippen LogP contribution in [0, 0.1) is 27.7 Å². The van der Waals surface area contributed by atoms with Crippen LogP contribution in [-0.2, 0) is 14.8 Å². The summed E-state index contributed by atoms with van der Waals surface area (Å²) in [5, 5.41) is 10.7. The molecular formula is C20H25N3O4S. The van der Waals surface area contributed by atoms with Crippen molar-refractivity contribution in [1.29, 1.82) is 0 Å². The Morgan fingerprint density at radius 1 is 1.00 bits per heavy atom. The van der Waals surface area contributed by atoms with Crippen LogP contribution in [0.1, 0.15) is 39.0 Å². The summed E-state index contributed by atoms with van der Waals surface area (Å²) in [5.41, 5.74) is 4.13. The first kappa shape index (κ1) is 21.6. The number of hydrogen-bond donors (Lipinski definition) is 3. The Labute approximate surface area is 165 Å². The number of benzene rings is 2. The van der Waals surface area contributed by atoms with Crippen molar-refractivity contribution in [3.63, 3.8) is 0 Å². The first-order valence-electron chi connectivity index (χ1n) is 8.78. The number of hydrogen-bond acceptors (Lipinski definition) is 4. The molecule has 0 saturated carbocycles. The fourth-order valence-electron chi connectivity index (χ4n) is 2.81. The van der Waals surface area contributed by atoms with Crippen molar-refractivity contribution >= 4 is 27.5 Å². The smallest absolute Gasteiger partial charge is 0.251 e. The molecule has 2 amide bonds. The highest BCUT2D eigenvalue weighted by molar-refractivity contribution is 7.89. The van der Waals surface area contributed by atoms with Crippen molar-refractivity contribution in [3.8, 4) is 0 Å². The minimum Gasteiger partial charge on any atom is -0.352 e. The minimum absolute atomic E-state index is 0.0785. The molecule has 0 saturated heterocycles. The predicted octanol–water partition coefficient (Wildman–Crippen LogP) is 2.33. The molecule has 28 heavy (non-hydrogen) atoms. The summed E-state index contributed by atoms with van der Waals surface area (Å²) >= 11 is 0. The molecule has 4 N–H and O–H groups in total. The lowest BCUT2D eigenvalue weighted by molar-refractivity contribution is -0.116. The summed E-state index contributed by atoms with van der Waals surface area (Å²) in [7, 11) is -3.93. The standard InChI is InChI=1S/C20H25N3O4S/c1-12-5-6-17(14(3)9-12)23-19(24)7-8-22-20(25)16-10-13(2)15(4)18(11-16)28(21,26)27/h5-6,9-11H,7-8H2,1-4H3,(H,22,25)(H,23,24)(H2,21,26,27). The van der Waals surface area contributed by atoms with Gasteiger partial charge in [0.1, 0.15) is 0 Å². The van der Waals surface area contributed by atoms with Crippen molar-refractivity contribution in [2.45, 2.75) is 39.0 Å². The number of carbonyl (C=O) groups excluding carboxylic acids is 2. The molecule has 0 fully saturated rings. The van der Waals surface area contributed by atoms with Gasteiger partial charge in [-0.05, 0) is 62.6 Å². The van der Waals surface area contributed by atoms with E-state index in [1.807, 2.05) is 32.0 Å². The van der Waals surface area contributed by atoms with Crippen LogP contribution < -0.4 is 15.8 Å². The average Bonchev–Trinajstić information content (AvgIpc) is 2.58. The fourth-order valence-corrected chi connectivity index (χ4v) is 3.69. The second-order valence-corrected chi connectivity index (χ2v) is 8.36. The van der Waals surface area contributed by atoms with Gasteiger partial charge in [-0.3, -0.25) is 9.59 Å². The number of sulfonamides is 1. The number of amides is 2. The average molecular weight is 404 g/mol. The van der Waals surface area contributed by atoms with E-state index in [1.165, 1.54) is 6.07 Å². The SMILES string of the molecule is Cc1ccc(NC(=O)CCNC(=O)c2cc(C)c(C)c(S(N)(=O)=O)c2)c(C)c1. The van der Waals surface area contributed by atoms with E-state index in [9.17, 15) is 18.0 Å². The van der Waals surface area contributed by atoms with Gasteiger partial charge in [0.25, 0.3) is 5.91 Å². The molecule has 0 spiro atoms. The first-order chi connectivity index (χ1) is 13.0. The van der Waals surface area contributed by atoms with E-state index in [4.69, 9.17) is 5.14 Å². The molecule has 2 rings (SSSR count). The first-order valence-corrected chi connectivity index (χ1v) is 10.3. The number of carbonyl (C=O) groups is 2. The molecule has 7 nitrogen and oxygen atoms in total. The van der Waals surface area contributed by atoms with Gasteiger partial charge in [0.2, 0.25) is 15.9 Å². The van der Waals surface area contributed by atoms with Crippen molar-refractivity contribution in [1.82, 2.24) is 5.32 Å². The molecule has 0 aromatic heterocycles. The van der Waals surface area contributed by atoms with Crippen LogP contribution >= 0.6 is 0 Å². The van der Waals surface area contributed by atoms with E-state index in [-0.39, 0.29) is 29.3 Å². The van der Waals surface area contributed by atoms with Gasteiger partial charge < -0.3 is 10.6 Å². The Bertz CT molecular complexity index is 1030. The van der Waals surface area contributed by atoms with E-state index >= 15 is 0 Å². The molecule has 150 valence electrons. The maximum absolute atomic E-state index is 12.3. The van der Waals surface area contributed by atoms with Gasteiger partial charge in [0.05, 0.1) is 4.90 Å². The summed E-state index contributed by atoms with van der Waals surface area (Å²) in [4.78, 5) is 24.4. The van der Waals surface area contributed by atoms with Crippen LogP contribution in [0.15, 0.2) is 35.2 Å². The van der Waals surface area contributed by atoms with Gasteiger partial charge in [-0.25, -0.2) is 13.6 Å². The van der Waals surface area contributed by atoms with Gasteiger partial charge in [-0.1, -0.05) is 17.7 Å². The van der Waals surface area contributed by atoms with Crippen molar-refractivity contribution < 1.29 is 18.0 Å². The van der Waals surface area contributed by atoms with Gasteiger partial charge >= 0.3 is 0 Å². The summed E-state index contributed by atoms with van der Waals surface area (Å²) in [6, 6.07) is 8.57. The molecule has 2 aromatic carbocycles. The second kappa shape index (κ2) is 8.53. The Balaban J connectivity index is 1.99. The highest BCUT2D eigenvalue weighted by Crippen LogP contribution is 2.20. The number of aryl methyl sites for hydroxylation is 3. The lowest BCUT2D eigenvalue weighted by atomic mass is 10.1. The van der Waals surface area contributed by atoms with Crippen LogP contribution in [0.4, 0.5) is 5.69 Å². The summed E-state index contributed by atoms with van der Waals surface area (Å²) in [5.74, 6) is -0.690. The Morgan fingerprint density at radius 2 is 1.68 bits per heavy atom. The van der Waals surface area contributed by atoms with Gasteiger partial charge in [0, 0.05) is 24.2 Å². The highest BCUT2D eigenvalue weighted by atomic mass is 32.2.